The first-order chi connectivity index (χ1) is 8.16. The molecule has 5 nitrogen and oxygen atoms in total. The fourth-order valence-corrected chi connectivity index (χ4v) is 1.50. The van der Waals surface area contributed by atoms with E-state index in [1.165, 1.54) is 6.07 Å². The third-order valence-electron chi connectivity index (χ3n) is 2.42. The van der Waals surface area contributed by atoms with Crippen molar-refractivity contribution in [3.05, 3.63) is 39.9 Å². The fraction of sp³-hybridized carbons (Fsp3) is 0.417. The zero-order valence-corrected chi connectivity index (χ0v) is 9.93. The molecule has 0 radical (unpaired) electrons. The predicted octanol–water partition coefficient (Wildman–Crippen LogP) is 2.49. The standard InChI is InChI=1S/C12H17N3O2/c1-2-3-6-9-14-12(13)10-7-4-5-8-11(10)15(16)17/h4-5,7-8H,2-3,6,9H2,1H3,(H2,13,14). The number of nitro groups is 1. The molecule has 2 N–H and O–H groups in total. The Morgan fingerprint density at radius 3 is 2.76 bits per heavy atom. The molecule has 1 aromatic carbocycles. The molecule has 92 valence electrons. The molecule has 1 aromatic rings. The van der Waals surface area contributed by atoms with Gasteiger partial charge in [0.1, 0.15) is 5.84 Å². The van der Waals surface area contributed by atoms with Crippen molar-refractivity contribution in [3.63, 3.8) is 0 Å². The van der Waals surface area contributed by atoms with Crippen LogP contribution >= 0.6 is 0 Å². The highest BCUT2D eigenvalue weighted by molar-refractivity contribution is 6.01. The lowest BCUT2D eigenvalue weighted by Gasteiger charge is -2.02. The predicted molar refractivity (Wildman–Crippen MR) is 68.2 cm³/mol. The van der Waals surface area contributed by atoms with Gasteiger partial charge in [0.15, 0.2) is 0 Å². The van der Waals surface area contributed by atoms with Gasteiger partial charge >= 0.3 is 0 Å². The molecule has 0 atom stereocenters. The minimum atomic E-state index is -0.441. The van der Waals surface area contributed by atoms with Crippen LogP contribution in [0, 0.1) is 10.1 Å². The number of aliphatic imine (C=N–C) groups is 1. The van der Waals surface area contributed by atoms with Crippen molar-refractivity contribution in [2.24, 2.45) is 10.7 Å². The largest absolute Gasteiger partial charge is 0.383 e. The Morgan fingerprint density at radius 1 is 1.41 bits per heavy atom. The first-order valence-electron chi connectivity index (χ1n) is 5.70. The normalized spacial score (nSPS) is 11.5. The van der Waals surface area contributed by atoms with Crippen LogP contribution in [0.2, 0.25) is 0 Å². The van der Waals surface area contributed by atoms with Gasteiger partial charge in [0.05, 0.1) is 10.5 Å². The van der Waals surface area contributed by atoms with Crippen LogP contribution in [0.5, 0.6) is 0 Å². The number of para-hydroxylation sites is 1. The van der Waals surface area contributed by atoms with Gasteiger partial charge in [0.2, 0.25) is 0 Å². The molecule has 0 unspecified atom stereocenters. The van der Waals surface area contributed by atoms with Crippen molar-refractivity contribution in [3.8, 4) is 0 Å². The van der Waals surface area contributed by atoms with Gasteiger partial charge in [-0.05, 0) is 12.5 Å². The van der Waals surface area contributed by atoms with Crippen LogP contribution in [0.25, 0.3) is 0 Å². The molecule has 1 rings (SSSR count). The van der Waals surface area contributed by atoms with Crippen LogP contribution in [0.15, 0.2) is 29.3 Å². The van der Waals surface area contributed by atoms with Crippen LogP contribution in [-0.4, -0.2) is 17.3 Å². The highest BCUT2D eigenvalue weighted by Gasteiger charge is 2.14. The number of rotatable bonds is 6. The van der Waals surface area contributed by atoms with Gasteiger partial charge in [-0.15, -0.1) is 0 Å². The lowest BCUT2D eigenvalue weighted by atomic mass is 10.1. The van der Waals surface area contributed by atoms with Crippen molar-refractivity contribution in [2.45, 2.75) is 26.2 Å². The second-order valence-corrected chi connectivity index (χ2v) is 3.75. The van der Waals surface area contributed by atoms with Crippen LogP contribution in [-0.2, 0) is 0 Å². The van der Waals surface area contributed by atoms with Crippen LogP contribution in [0.3, 0.4) is 0 Å². The first kappa shape index (κ1) is 13.2. The van der Waals surface area contributed by atoms with Gasteiger partial charge in [0, 0.05) is 12.6 Å². The molecule has 0 heterocycles. The molecular formula is C12H17N3O2. The summed E-state index contributed by atoms with van der Waals surface area (Å²) < 4.78 is 0. The van der Waals surface area contributed by atoms with E-state index in [0.29, 0.717) is 12.1 Å². The first-order valence-corrected chi connectivity index (χ1v) is 5.70. The van der Waals surface area contributed by atoms with Crippen LogP contribution < -0.4 is 5.73 Å². The molecule has 0 aliphatic heterocycles. The number of nitrogens with two attached hydrogens (primary N) is 1. The summed E-state index contributed by atoms with van der Waals surface area (Å²) in [6, 6.07) is 6.39. The summed E-state index contributed by atoms with van der Waals surface area (Å²) in [6.45, 7) is 2.72. The average Bonchev–Trinajstić information content (AvgIpc) is 2.34. The molecule has 0 aliphatic carbocycles. The van der Waals surface area contributed by atoms with Crippen molar-refractivity contribution < 1.29 is 4.92 Å². The maximum atomic E-state index is 10.8. The van der Waals surface area contributed by atoms with Gasteiger partial charge in [-0.1, -0.05) is 31.9 Å². The maximum Gasteiger partial charge on any atom is 0.280 e. The monoisotopic (exact) mass is 235 g/mol. The number of hydrogen-bond acceptors (Lipinski definition) is 3. The minimum Gasteiger partial charge on any atom is -0.383 e. The van der Waals surface area contributed by atoms with Gasteiger partial charge < -0.3 is 5.73 Å². The summed E-state index contributed by atoms with van der Waals surface area (Å²) >= 11 is 0. The van der Waals surface area contributed by atoms with E-state index in [2.05, 4.69) is 11.9 Å². The van der Waals surface area contributed by atoms with E-state index in [0.717, 1.165) is 19.3 Å². The molecule has 0 fully saturated rings. The van der Waals surface area contributed by atoms with Gasteiger partial charge in [-0.25, -0.2) is 0 Å². The van der Waals surface area contributed by atoms with E-state index in [9.17, 15) is 10.1 Å². The molecule has 0 aliphatic rings. The smallest absolute Gasteiger partial charge is 0.280 e. The van der Waals surface area contributed by atoms with Crippen molar-refractivity contribution in [1.29, 1.82) is 0 Å². The Morgan fingerprint density at radius 2 is 2.12 bits per heavy atom. The number of unbranched alkanes of at least 4 members (excludes halogenated alkanes) is 2. The van der Waals surface area contributed by atoms with Crippen LogP contribution in [0.1, 0.15) is 31.7 Å². The lowest BCUT2D eigenvalue weighted by molar-refractivity contribution is -0.385. The third kappa shape index (κ3) is 3.86. The van der Waals surface area contributed by atoms with E-state index < -0.39 is 4.92 Å². The third-order valence-corrected chi connectivity index (χ3v) is 2.42. The SMILES string of the molecule is CCCCCN=C(N)c1ccccc1[N+](=O)[O-]. The Labute approximate surface area is 101 Å². The van der Waals surface area contributed by atoms with Crippen molar-refractivity contribution in [1.82, 2.24) is 0 Å². The summed E-state index contributed by atoms with van der Waals surface area (Å²) in [5.74, 6) is 0.244. The quantitative estimate of drug-likeness (QED) is 0.270. The topological polar surface area (TPSA) is 81.5 Å². The second kappa shape index (κ2) is 6.62. The van der Waals surface area contributed by atoms with E-state index in [4.69, 9.17) is 5.73 Å². The average molecular weight is 235 g/mol. The number of nitrogens with zero attached hydrogens (tertiary/aromatic N) is 2. The lowest BCUT2D eigenvalue weighted by Crippen LogP contribution is -2.15. The molecule has 0 saturated carbocycles. The molecule has 0 bridgehead atoms. The van der Waals surface area contributed by atoms with E-state index in [-0.39, 0.29) is 11.5 Å². The second-order valence-electron chi connectivity index (χ2n) is 3.75. The Bertz CT molecular complexity index is 416. The fourth-order valence-electron chi connectivity index (χ4n) is 1.50. The van der Waals surface area contributed by atoms with E-state index in [1.807, 2.05) is 0 Å². The zero-order chi connectivity index (χ0) is 12.7. The van der Waals surface area contributed by atoms with Crippen LogP contribution in [0.4, 0.5) is 5.69 Å². The summed E-state index contributed by atoms with van der Waals surface area (Å²) in [5, 5.41) is 10.8. The maximum absolute atomic E-state index is 10.8. The molecule has 0 spiro atoms. The number of benzene rings is 1. The molecule has 5 heteroatoms. The Kier molecular flexibility index (Phi) is 5.13. The zero-order valence-electron chi connectivity index (χ0n) is 9.93. The molecule has 0 amide bonds. The van der Waals surface area contributed by atoms with Crippen molar-refractivity contribution in [2.75, 3.05) is 6.54 Å². The Balaban J connectivity index is 2.80. The van der Waals surface area contributed by atoms with Crippen molar-refractivity contribution >= 4 is 11.5 Å². The summed E-state index contributed by atoms with van der Waals surface area (Å²) in [4.78, 5) is 14.5. The number of nitro benzene ring substituents is 1. The Hall–Kier alpha value is -1.91. The molecule has 0 saturated heterocycles. The van der Waals surface area contributed by atoms with E-state index in [1.54, 1.807) is 18.2 Å². The number of hydrogen-bond donors (Lipinski definition) is 1. The summed E-state index contributed by atoms with van der Waals surface area (Å²) in [5.41, 5.74) is 6.16. The van der Waals surface area contributed by atoms with E-state index >= 15 is 0 Å². The highest BCUT2D eigenvalue weighted by atomic mass is 16.6. The number of amidine groups is 1. The highest BCUT2D eigenvalue weighted by Crippen LogP contribution is 2.17. The van der Waals surface area contributed by atoms with Gasteiger partial charge in [0.25, 0.3) is 5.69 Å². The molecule has 17 heavy (non-hydrogen) atoms. The minimum absolute atomic E-state index is 0.00393. The van der Waals surface area contributed by atoms with Gasteiger partial charge in [-0.2, -0.15) is 0 Å². The molecular weight excluding hydrogens is 218 g/mol. The summed E-state index contributed by atoms with van der Waals surface area (Å²) in [7, 11) is 0. The van der Waals surface area contributed by atoms with Gasteiger partial charge in [-0.3, -0.25) is 15.1 Å². The summed E-state index contributed by atoms with van der Waals surface area (Å²) in [6.07, 6.45) is 3.16. The molecule has 0 aromatic heterocycles.